The van der Waals surface area contributed by atoms with Gasteiger partial charge in [0.15, 0.2) is 0 Å². The molecular formula is C19H21ClN2O5S. The molecule has 1 fully saturated rings. The van der Waals surface area contributed by atoms with Crippen LogP contribution in [0.3, 0.4) is 0 Å². The predicted octanol–water partition coefficient (Wildman–Crippen LogP) is 3.14. The number of ether oxygens (including phenoxy) is 1. The summed E-state index contributed by atoms with van der Waals surface area (Å²) in [5.41, 5.74) is 1.33. The van der Waals surface area contributed by atoms with Crippen molar-refractivity contribution in [3.63, 3.8) is 0 Å². The Morgan fingerprint density at radius 1 is 1.29 bits per heavy atom. The fraction of sp³-hybridized carbons (Fsp3) is 0.421. The second-order valence-corrected chi connectivity index (χ2v) is 9.12. The number of benzene rings is 1. The third-order valence-corrected chi connectivity index (χ3v) is 7.45. The van der Waals surface area contributed by atoms with Gasteiger partial charge in [-0.25, -0.2) is 8.42 Å². The molecule has 2 aliphatic heterocycles. The van der Waals surface area contributed by atoms with E-state index in [1.54, 1.807) is 12.1 Å². The summed E-state index contributed by atoms with van der Waals surface area (Å²) in [6.45, 7) is 2.65. The molecule has 3 heterocycles. The third kappa shape index (κ3) is 3.45. The molecule has 1 unspecified atom stereocenters. The minimum absolute atomic E-state index is 0.0238. The highest BCUT2D eigenvalue weighted by molar-refractivity contribution is 7.89. The van der Waals surface area contributed by atoms with Crippen molar-refractivity contribution in [1.82, 2.24) is 4.31 Å². The zero-order chi connectivity index (χ0) is 19.9. The van der Waals surface area contributed by atoms with Crippen LogP contribution >= 0.6 is 11.6 Å². The van der Waals surface area contributed by atoms with E-state index in [1.165, 1.54) is 10.4 Å². The van der Waals surface area contributed by atoms with E-state index in [9.17, 15) is 13.2 Å². The standard InChI is InChI=1S/C19H21ClN2O5S/c1-2-13-4-5-17(27-13)16-11-26-8-7-22(16)28(24,25)18-10-15-12(9-14(18)20)3-6-19(23)21-15/h4-5,9-10,16H,2-3,6-8,11H2,1H3,(H,21,23). The molecular weight excluding hydrogens is 404 g/mol. The second kappa shape index (κ2) is 7.51. The Labute approximate surface area is 168 Å². The number of fused-ring (bicyclic) bond motifs is 1. The van der Waals surface area contributed by atoms with Gasteiger partial charge in [-0.05, 0) is 36.2 Å². The Morgan fingerprint density at radius 2 is 2.11 bits per heavy atom. The zero-order valence-electron chi connectivity index (χ0n) is 15.4. The lowest BCUT2D eigenvalue weighted by atomic mass is 10.0. The maximum absolute atomic E-state index is 13.5. The maximum Gasteiger partial charge on any atom is 0.245 e. The highest BCUT2D eigenvalue weighted by Crippen LogP contribution is 2.37. The molecule has 1 N–H and O–H groups in total. The number of nitrogens with one attached hydrogen (secondary N) is 1. The first-order chi connectivity index (χ1) is 13.4. The highest BCUT2D eigenvalue weighted by atomic mass is 35.5. The molecule has 0 aliphatic carbocycles. The smallest absolute Gasteiger partial charge is 0.245 e. The van der Waals surface area contributed by atoms with E-state index >= 15 is 0 Å². The average Bonchev–Trinajstić information content (AvgIpc) is 3.17. The summed E-state index contributed by atoms with van der Waals surface area (Å²) in [5, 5.41) is 2.88. The van der Waals surface area contributed by atoms with Gasteiger partial charge in [-0.3, -0.25) is 4.79 Å². The Hall–Kier alpha value is -1.87. The van der Waals surface area contributed by atoms with E-state index in [0.717, 1.165) is 17.7 Å². The van der Waals surface area contributed by atoms with Crippen LogP contribution < -0.4 is 5.32 Å². The van der Waals surface area contributed by atoms with Gasteiger partial charge in [-0.15, -0.1) is 0 Å². The van der Waals surface area contributed by atoms with Crippen LogP contribution in [0.25, 0.3) is 0 Å². The first-order valence-electron chi connectivity index (χ1n) is 9.20. The van der Waals surface area contributed by atoms with E-state index in [0.29, 0.717) is 24.3 Å². The molecule has 1 amide bonds. The lowest BCUT2D eigenvalue weighted by Gasteiger charge is -2.33. The molecule has 1 aromatic heterocycles. The summed E-state index contributed by atoms with van der Waals surface area (Å²) in [4.78, 5) is 11.7. The van der Waals surface area contributed by atoms with Gasteiger partial charge in [0.2, 0.25) is 15.9 Å². The van der Waals surface area contributed by atoms with Crippen LogP contribution in [0.2, 0.25) is 5.02 Å². The predicted molar refractivity (Wildman–Crippen MR) is 104 cm³/mol. The first kappa shape index (κ1) is 19.4. The van der Waals surface area contributed by atoms with Gasteiger partial charge in [-0.1, -0.05) is 18.5 Å². The van der Waals surface area contributed by atoms with Crippen LogP contribution in [0, 0.1) is 0 Å². The van der Waals surface area contributed by atoms with Crippen molar-refractivity contribution in [2.24, 2.45) is 0 Å². The number of hydrogen-bond acceptors (Lipinski definition) is 5. The molecule has 0 saturated carbocycles. The summed E-state index contributed by atoms with van der Waals surface area (Å²) in [5.74, 6) is 1.19. The van der Waals surface area contributed by atoms with Gasteiger partial charge >= 0.3 is 0 Å². The first-order valence-corrected chi connectivity index (χ1v) is 11.0. The van der Waals surface area contributed by atoms with Crippen LogP contribution in [-0.2, 0) is 32.4 Å². The molecule has 9 heteroatoms. The Bertz CT molecular complexity index is 1020. The molecule has 0 spiro atoms. The van der Waals surface area contributed by atoms with Crippen LogP contribution in [0.15, 0.2) is 33.6 Å². The molecule has 0 bridgehead atoms. The molecule has 28 heavy (non-hydrogen) atoms. The Balaban J connectivity index is 1.73. The van der Waals surface area contributed by atoms with Gasteiger partial charge in [-0.2, -0.15) is 4.31 Å². The lowest BCUT2D eigenvalue weighted by molar-refractivity contribution is -0.116. The van der Waals surface area contributed by atoms with Crippen molar-refractivity contribution in [3.8, 4) is 0 Å². The minimum atomic E-state index is -3.93. The van der Waals surface area contributed by atoms with Gasteiger partial charge < -0.3 is 14.5 Å². The second-order valence-electron chi connectivity index (χ2n) is 6.85. The summed E-state index contributed by atoms with van der Waals surface area (Å²) >= 11 is 6.35. The van der Waals surface area contributed by atoms with Crippen molar-refractivity contribution in [3.05, 3.63) is 46.4 Å². The maximum atomic E-state index is 13.5. The van der Waals surface area contributed by atoms with E-state index in [1.807, 2.05) is 13.0 Å². The zero-order valence-corrected chi connectivity index (χ0v) is 17.0. The summed E-state index contributed by atoms with van der Waals surface area (Å²) in [6, 6.07) is 6.14. The SMILES string of the molecule is CCc1ccc(C2COCCN2S(=O)(=O)c2cc3c(cc2Cl)CCC(=O)N3)o1. The fourth-order valence-corrected chi connectivity index (χ4v) is 5.68. The normalized spacial score (nSPS) is 20.6. The molecule has 1 atom stereocenters. The highest BCUT2D eigenvalue weighted by Gasteiger charge is 2.38. The number of sulfonamides is 1. The number of carbonyl (C=O) groups excluding carboxylic acids is 1. The molecule has 1 saturated heterocycles. The molecule has 1 aromatic carbocycles. The quantitative estimate of drug-likeness (QED) is 0.814. The number of anilines is 1. The minimum Gasteiger partial charge on any atom is -0.464 e. The Morgan fingerprint density at radius 3 is 2.86 bits per heavy atom. The lowest BCUT2D eigenvalue weighted by Crippen LogP contribution is -2.43. The number of furan rings is 1. The average molecular weight is 425 g/mol. The van der Waals surface area contributed by atoms with E-state index in [-0.39, 0.29) is 35.6 Å². The molecule has 7 nitrogen and oxygen atoms in total. The summed E-state index contributed by atoms with van der Waals surface area (Å²) in [6.07, 6.45) is 1.61. The van der Waals surface area contributed by atoms with Crippen molar-refractivity contribution < 1.29 is 22.4 Å². The Kier molecular flexibility index (Phi) is 5.22. The number of amides is 1. The topological polar surface area (TPSA) is 88.8 Å². The number of rotatable bonds is 4. The van der Waals surface area contributed by atoms with Gasteiger partial charge in [0.25, 0.3) is 0 Å². The molecule has 0 radical (unpaired) electrons. The van der Waals surface area contributed by atoms with Crippen molar-refractivity contribution >= 4 is 33.2 Å². The monoisotopic (exact) mass is 424 g/mol. The molecule has 2 aromatic rings. The van der Waals surface area contributed by atoms with Crippen molar-refractivity contribution in [2.45, 2.75) is 37.1 Å². The van der Waals surface area contributed by atoms with Crippen molar-refractivity contribution in [2.75, 3.05) is 25.1 Å². The number of carbonyl (C=O) groups is 1. The third-order valence-electron chi connectivity index (χ3n) is 5.08. The number of halogens is 1. The van der Waals surface area contributed by atoms with Crippen LogP contribution in [0.5, 0.6) is 0 Å². The molecule has 2 aliphatic rings. The van der Waals surface area contributed by atoms with Crippen molar-refractivity contribution in [1.29, 1.82) is 0 Å². The van der Waals surface area contributed by atoms with Crippen LogP contribution in [0.4, 0.5) is 5.69 Å². The largest absolute Gasteiger partial charge is 0.464 e. The summed E-state index contributed by atoms with van der Waals surface area (Å²) < 4.78 is 39.6. The van der Waals surface area contributed by atoms with Gasteiger partial charge in [0, 0.05) is 25.1 Å². The number of nitrogens with zero attached hydrogens (tertiary/aromatic N) is 1. The number of morpholine rings is 1. The van der Waals surface area contributed by atoms with E-state index < -0.39 is 16.1 Å². The van der Waals surface area contributed by atoms with Gasteiger partial charge in [0.1, 0.15) is 22.5 Å². The number of hydrogen-bond donors (Lipinski definition) is 1. The van der Waals surface area contributed by atoms with Crippen LogP contribution in [0.1, 0.15) is 36.5 Å². The summed E-state index contributed by atoms with van der Waals surface area (Å²) in [7, 11) is -3.93. The molecule has 150 valence electrons. The van der Waals surface area contributed by atoms with Crippen LogP contribution in [-0.4, -0.2) is 38.4 Å². The van der Waals surface area contributed by atoms with Gasteiger partial charge in [0.05, 0.1) is 18.2 Å². The fourth-order valence-electron chi connectivity index (χ4n) is 3.57. The van der Waals surface area contributed by atoms with E-state index in [2.05, 4.69) is 5.32 Å². The molecule has 4 rings (SSSR count). The number of aryl methyl sites for hydroxylation is 2. The van der Waals surface area contributed by atoms with E-state index in [4.69, 9.17) is 20.8 Å².